The van der Waals surface area contributed by atoms with Crippen LogP contribution < -0.4 is 5.32 Å². The molecule has 0 fully saturated rings. The predicted molar refractivity (Wildman–Crippen MR) is 82.7 cm³/mol. The molecule has 0 aromatic heterocycles. The highest BCUT2D eigenvalue weighted by molar-refractivity contribution is 7.99. The summed E-state index contributed by atoms with van der Waals surface area (Å²) in [5.41, 5.74) is 0.804. The van der Waals surface area contributed by atoms with E-state index in [0.717, 1.165) is 4.90 Å². The zero-order valence-corrected chi connectivity index (χ0v) is 12.4. The first-order valence-corrected chi connectivity index (χ1v) is 7.05. The smallest absolute Gasteiger partial charge is 0.284 e. The Bertz CT molecular complexity index is 767. The first kappa shape index (κ1) is 15.5. The summed E-state index contributed by atoms with van der Waals surface area (Å²) in [5, 5.41) is 22.6. The Morgan fingerprint density at radius 1 is 1.27 bits per heavy atom. The van der Waals surface area contributed by atoms with Gasteiger partial charge < -0.3 is 5.32 Å². The van der Waals surface area contributed by atoms with E-state index < -0.39 is 4.92 Å². The molecule has 0 aliphatic heterocycles. The van der Waals surface area contributed by atoms with Crippen LogP contribution in [-0.2, 0) is 4.79 Å². The van der Waals surface area contributed by atoms with Crippen LogP contribution in [0.5, 0.6) is 0 Å². The second-order valence-electron chi connectivity index (χ2n) is 4.36. The van der Waals surface area contributed by atoms with E-state index in [-0.39, 0.29) is 17.2 Å². The molecule has 22 heavy (non-hydrogen) atoms. The highest BCUT2D eigenvalue weighted by atomic mass is 32.2. The molecular weight excluding hydrogens is 302 g/mol. The van der Waals surface area contributed by atoms with Gasteiger partial charge in [0.25, 0.3) is 5.69 Å². The van der Waals surface area contributed by atoms with E-state index in [1.54, 1.807) is 36.4 Å². The fourth-order valence-electron chi connectivity index (χ4n) is 1.75. The minimum absolute atomic E-state index is 0.102. The number of carbonyl (C=O) groups excluding carboxylic acids is 1. The number of nitrogens with one attached hydrogen (secondary N) is 1. The molecule has 0 saturated carbocycles. The van der Waals surface area contributed by atoms with E-state index in [0.29, 0.717) is 10.6 Å². The van der Waals surface area contributed by atoms with Gasteiger partial charge in [-0.3, -0.25) is 14.9 Å². The van der Waals surface area contributed by atoms with Crippen LogP contribution in [0.25, 0.3) is 0 Å². The average molecular weight is 313 g/mol. The molecule has 2 aromatic carbocycles. The number of nitro benzene ring substituents is 1. The van der Waals surface area contributed by atoms with E-state index in [1.807, 2.05) is 6.07 Å². The van der Waals surface area contributed by atoms with Crippen molar-refractivity contribution in [1.29, 1.82) is 5.26 Å². The molecule has 0 bridgehead atoms. The first-order chi connectivity index (χ1) is 10.5. The number of carbonyl (C=O) groups is 1. The molecule has 7 heteroatoms. The van der Waals surface area contributed by atoms with Gasteiger partial charge in [-0.1, -0.05) is 11.8 Å². The van der Waals surface area contributed by atoms with Crippen molar-refractivity contribution in [3.8, 4) is 6.07 Å². The van der Waals surface area contributed by atoms with E-state index >= 15 is 0 Å². The Balaban J connectivity index is 2.25. The second-order valence-corrected chi connectivity index (χ2v) is 5.47. The molecule has 6 nitrogen and oxygen atoms in total. The van der Waals surface area contributed by atoms with Crippen LogP contribution in [0.2, 0.25) is 0 Å². The van der Waals surface area contributed by atoms with E-state index in [1.165, 1.54) is 24.8 Å². The molecule has 0 radical (unpaired) electrons. The highest BCUT2D eigenvalue weighted by Gasteiger charge is 2.15. The normalized spacial score (nSPS) is 9.82. The van der Waals surface area contributed by atoms with Crippen LogP contribution in [0, 0.1) is 21.4 Å². The molecule has 2 aromatic rings. The minimum atomic E-state index is -0.505. The van der Waals surface area contributed by atoms with Crippen molar-refractivity contribution in [1.82, 2.24) is 0 Å². The Kier molecular flexibility index (Phi) is 4.76. The first-order valence-electron chi connectivity index (χ1n) is 6.23. The Hall–Kier alpha value is -2.85. The molecule has 110 valence electrons. The molecule has 0 unspecified atom stereocenters. The van der Waals surface area contributed by atoms with Crippen LogP contribution in [0.3, 0.4) is 0 Å². The van der Waals surface area contributed by atoms with Crippen molar-refractivity contribution in [3.63, 3.8) is 0 Å². The zero-order chi connectivity index (χ0) is 16.1. The van der Waals surface area contributed by atoms with Gasteiger partial charge in [0, 0.05) is 23.6 Å². The summed E-state index contributed by atoms with van der Waals surface area (Å²) in [7, 11) is 0. The van der Waals surface area contributed by atoms with Gasteiger partial charge in [0.15, 0.2) is 0 Å². The number of rotatable bonds is 4. The fraction of sp³-hybridized carbons (Fsp3) is 0.0667. The average Bonchev–Trinajstić information content (AvgIpc) is 2.49. The van der Waals surface area contributed by atoms with Crippen LogP contribution >= 0.6 is 11.8 Å². The number of anilines is 1. The van der Waals surface area contributed by atoms with Gasteiger partial charge in [-0.25, -0.2) is 0 Å². The molecule has 0 spiro atoms. The second kappa shape index (κ2) is 6.74. The number of amides is 1. The number of hydrogen-bond donors (Lipinski definition) is 1. The Labute approximate surface area is 130 Å². The lowest BCUT2D eigenvalue weighted by Crippen LogP contribution is -2.05. The molecule has 0 aliphatic rings. The SMILES string of the molecule is CC(=O)Nc1ccc(Sc2ccc(C#N)cc2[N+](=O)[O-])cc1. The number of nitrogens with zero attached hydrogens (tertiary/aromatic N) is 2. The van der Waals surface area contributed by atoms with Crippen molar-refractivity contribution >= 4 is 29.0 Å². The van der Waals surface area contributed by atoms with Crippen molar-refractivity contribution < 1.29 is 9.72 Å². The maximum Gasteiger partial charge on any atom is 0.284 e. The van der Waals surface area contributed by atoms with E-state index in [4.69, 9.17) is 5.26 Å². The van der Waals surface area contributed by atoms with Crippen LogP contribution in [0.1, 0.15) is 12.5 Å². The molecule has 0 aliphatic carbocycles. The summed E-state index contributed by atoms with van der Waals surface area (Å²) in [6, 6.07) is 13.2. The summed E-state index contributed by atoms with van der Waals surface area (Å²) in [5.74, 6) is -0.164. The fourth-order valence-corrected chi connectivity index (χ4v) is 2.65. The molecular formula is C15H11N3O3S. The standard InChI is InChI=1S/C15H11N3O3S/c1-10(19)17-12-3-5-13(6-4-12)22-15-7-2-11(9-16)8-14(15)18(20)21/h2-8H,1H3,(H,17,19). The lowest BCUT2D eigenvalue weighted by atomic mass is 10.2. The highest BCUT2D eigenvalue weighted by Crippen LogP contribution is 2.35. The van der Waals surface area contributed by atoms with Gasteiger partial charge in [-0.2, -0.15) is 5.26 Å². The van der Waals surface area contributed by atoms with Gasteiger partial charge in [0.1, 0.15) is 0 Å². The monoisotopic (exact) mass is 313 g/mol. The van der Waals surface area contributed by atoms with Crippen molar-refractivity contribution in [3.05, 3.63) is 58.1 Å². The largest absolute Gasteiger partial charge is 0.326 e. The summed E-state index contributed by atoms with van der Waals surface area (Å²) < 4.78 is 0. The third kappa shape index (κ3) is 3.84. The summed E-state index contributed by atoms with van der Waals surface area (Å²) in [6.45, 7) is 1.42. The maximum absolute atomic E-state index is 11.1. The minimum Gasteiger partial charge on any atom is -0.326 e. The summed E-state index contributed by atoms with van der Waals surface area (Å²) in [6.07, 6.45) is 0. The molecule has 1 amide bonds. The third-order valence-electron chi connectivity index (χ3n) is 2.69. The number of hydrogen-bond acceptors (Lipinski definition) is 5. The van der Waals surface area contributed by atoms with Gasteiger partial charge >= 0.3 is 0 Å². The third-order valence-corrected chi connectivity index (χ3v) is 3.76. The number of benzene rings is 2. The van der Waals surface area contributed by atoms with E-state index in [9.17, 15) is 14.9 Å². The molecule has 2 rings (SSSR count). The molecule has 0 heterocycles. The van der Waals surface area contributed by atoms with Crippen molar-refractivity contribution in [2.45, 2.75) is 16.7 Å². The van der Waals surface area contributed by atoms with Gasteiger partial charge in [-0.15, -0.1) is 0 Å². The lowest BCUT2D eigenvalue weighted by molar-refractivity contribution is -0.387. The zero-order valence-electron chi connectivity index (χ0n) is 11.6. The Morgan fingerprint density at radius 3 is 2.50 bits per heavy atom. The predicted octanol–water partition coefficient (Wildman–Crippen LogP) is 3.58. The molecule has 0 saturated heterocycles. The van der Waals surface area contributed by atoms with Crippen molar-refractivity contribution in [2.75, 3.05) is 5.32 Å². The topological polar surface area (TPSA) is 96.0 Å². The van der Waals surface area contributed by atoms with Gasteiger partial charge in [-0.05, 0) is 36.4 Å². The number of nitro groups is 1. The van der Waals surface area contributed by atoms with Gasteiger partial charge in [0.2, 0.25) is 5.91 Å². The molecule has 1 N–H and O–H groups in total. The van der Waals surface area contributed by atoms with Crippen LogP contribution in [0.4, 0.5) is 11.4 Å². The van der Waals surface area contributed by atoms with Crippen molar-refractivity contribution in [2.24, 2.45) is 0 Å². The molecule has 0 atom stereocenters. The van der Waals surface area contributed by atoms with Crippen LogP contribution in [-0.4, -0.2) is 10.8 Å². The number of nitriles is 1. The van der Waals surface area contributed by atoms with E-state index in [2.05, 4.69) is 5.32 Å². The maximum atomic E-state index is 11.1. The summed E-state index contributed by atoms with van der Waals surface area (Å²) in [4.78, 5) is 22.8. The van der Waals surface area contributed by atoms with Crippen LogP contribution in [0.15, 0.2) is 52.3 Å². The Morgan fingerprint density at radius 2 is 1.95 bits per heavy atom. The summed E-state index contributed by atoms with van der Waals surface area (Å²) >= 11 is 1.23. The van der Waals surface area contributed by atoms with Gasteiger partial charge in [0.05, 0.1) is 21.5 Å². The lowest BCUT2D eigenvalue weighted by Gasteiger charge is -2.05. The quantitative estimate of drug-likeness (QED) is 0.687.